The zero-order chi connectivity index (χ0) is 19.9. The average molecular weight is 399 g/mol. The average Bonchev–Trinajstić information content (AvgIpc) is 3.45. The van der Waals surface area contributed by atoms with E-state index in [2.05, 4.69) is 15.8 Å². The van der Waals surface area contributed by atoms with Gasteiger partial charge in [0.1, 0.15) is 0 Å². The van der Waals surface area contributed by atoms with Crippen LogP contribution in [0.15, 0.2) is 0 Å². The van der Waals surface area contributed by atoms with E-state index in [0.29, 0.717) is 6.42 Å². The number of unbranched alkanes of at least 4 members (excludes halogenated alkanes) is 10. The van der Waals surface area contributed by atoms with Gasteiger partial charge in [-0.1, -0.05) is 71.1 Å². The molecule has 6 nitrogen and oxygen atoms in total. The molecule has 1 heterocycles. The number of hydrogen-bond acceptors (Lipinski definition) is 5. The Morgan fingerprint density at radius 1 is 0.769 bits per heavy atom. The monoisotopic (exact) mass is 398 g/mol. The minimum atomic E-state index is -4.24. The Bertz CT molecular complexity index is 339. The van der Waals surface area contributed by atoms with Crippen LogP contribution in [0.25, 0.3) is 0 Å². The molecule has 0 unspecified atom stereocenters. The van der Waals surface area contributed by atoms with Crippen molar-refractivity contribution >= 4 is 10.4 Å². The van der Waals surface area contributed by atoms with Gasteiger partial charge in [0, 0.05) is 13.2 Å². The van der Waals surface area contributed by atoms with E-state index in [1.807, 2.05) is 13.8 Å². The van der Waals surface area contributed by atoms with Crippen LogP contribution in [0.3, 0.4) is 0 Å². The molecule has 0 bridgehead atoms. The maximum Gasteiger partial charge on any atom is 0.397 e. The molecule has 0 amide bonds. The summed E-state index contributed by atoms with van der Waals surface area (Å²) in [4.78, 5) is 0. The van der Waals surface area contributed by atoms with Crippen LogP contribution in [0, 0.1) is 0 Å². The molecule has 26 heavy (non-hydrogen) atoms. The fraction of sp³-hybridized carbons (Fsp3) is 1.00. The Labute approximate surface area is 161 Å². The molecule has 0 saturated carbocycles. The molecule has 0 aliphatic carbocycles. The lowest BCUT2D eigenvalue weighted by molar-refractivity contribution is 0.162. The van der Waals surface area contributed by atoms with E-state index in [4.69, 9.17) is 9.29 Å². The van der Waals surface area contributed by atoms with Gasteiger partial charge in [0.15, 0.2) is 0 Å². The lowest BCUT2D eigenvalue weighted by Crippen LogP contribution is -2.04. The number of hydrogen-bond donors (Lipinski definition) is 1. The second-order valence-corrected chi connectivity index (χ2v) is 7.27. The zero-order valence-corrected chi connectivity index (χ0v) is 18.0. The summed E-state index contributed by atoms with van der Waals surface area (Å²) in [7, 11) is -4.24. The third kappa shape index (κ3) is 39.0. The van der Waals surface area contributed by atoms with Crippen molar-refractivity contribution in [2.75, 3.05) is 33.0 Å². The first-order valence-electron chi connectivity index (χ1n) is 10.2. The van der Waals surface area contributed by atoms with Crippen LogP contribution in [-0.4, -0.2) is 46.0 Å². The molecule has 0 atom stereocenters. The molecule has 0 aromatic carbocycles. The minimum absolute atomic E-state index is 0.0931. The van der Waals surface area contributed by atoms with Crippen LogP contribution in [0.4, 0.5) is 0 Å². The lowest BCUT2D eigenvalue weighted by Gasteiger charge is -2.02. The topological polar surface area (TPSA) is 85.4 Å². The van der Waals surface area contributed by atoms with Gasteiger partial charge in [-0.3, -0.25) is 4.55 Å². The molecule has 0 spiro atoms. The van der Waals surface area contributed by atoms with Crippen molar-refractivity contribution in [3.63, 3.8) is 0 Å². The van der Waals surface area contributed by atoms with Gasteiger partial charge in [0.2, 0.25) is 0 Å². The summed E-state index contributed by atoms with van der Waals surface area (Å²) < 4.78 is 42.4. The summed E-state index contributed by atoms with van der Waals surface area (Å²) in [6.45, 7) is 9.99. The van der Waals surface area contributed by atoms with E-state index in [0.717, 1.165) is 39.3 Å². The van der Waals surface area contributed by atoms with Gasteiger partial charge in [-0.15, -0.1) is 0 Å². The van der Waals surface area contributed by atoms with Crippen molar-refractivity contribution in [3.05, 3.63) is 0 Å². The molecule has 1 aliphatic heterocycles. The van der Waals surface area contributed by atoms with E-state index in [1.165, 1.54) is 51.4 Å². The van der Waals surface area contributed by atoms with Gasteiger partial charge < -0.3 is 9.47 Å². The molecule has 1 rings (SSSR count). The van der Waals surface area contributed by atoms with Crippen LogP contribution in [0.5, 0.6) is 0 Å². The summed E-state index contributed by atoms with van der Waals surface area (Å²) in [6.07, 6.45) is 13.3. The van der Waals surface area contributed by atoms with E-state index < -0.39 is 10.4 Å². The maximum absolute atomic E-state index is 10.2. The Kier molecular flexibility index (Phi) is 24.6. The summed E-state index contributed by atoms with van der Waals surface area (Å²) in [5, 5.41) is 0. The van der Waals surface area contributed by atoms with Crippen LogP contribution in [-0.2, 0) is 24.1 Å². The van der Waals surface area contributed by atoms with Gasteiger partial charge in [0.05, 0.1) is 19.8 Å². The SMILES string of the molecule is C1CO1.CCCCCCCCCCCCCOS(=O)(=O)O.CCOCC. The Morgan fingerprint density at radius 2 is 1.15 bits per heavy atom. The molecule has 1 N–H and O–H groups in total. The van der Waals surface area contributed by atoms with Crippen molar-refractivity contribution in [2.45, 2.75) is 91.4 Å². The lowest BCUT2D eigenvalue weighted by atomic mass is 10.1. The highest BCUT2D eigenvalue weighted by atomic mass is 32.3. The first-order chi connectivity index (χ1) is 12.5. The van der Waals surface area contributed by atoms with Crippen molar-refractivity contribution < 1.29 is 26.6 Å². The highest BCUT2D eigenvalue weighted by Gasteiger charge is 2.02. The maximum atomic E-state index is 10.2. The quantitative estimate of drug-likeness (QED) is 0.232. The van der Waals surface area contributed by atoms with Crippen LogP contribution in [0.2, 0.25) is 0 Å². The summed E-state index contributed by atoms with van der Waals surface area (Å²) >= 11 is 0. The standard InChI is InChI=1S/C13H28O4S.C4H10O.C2H4O/c1-2-3-4-5-6-7-8-9-10-11-12-13-17-18(14,15)16;1-3-5-4-2;1-2-3-1/h2-13H2,1H3,(H,14,15,16);3-4H2,1-2H3;1-2H2. The van der Waals surface area contributed by atoms with Crippen molar-refractivity contribution in [2.24, 2.45) is 0 Å². The number of ether oxygens (including phenoxy) is 2. The first-order valence-corrected chi connectivity index (χ1v) is 11.6. The molecular weight excluding hydrogens is 356 g/mol. The third-order valence-electron chi connectivity index (χ3n) is 3.59. The Balaban J connectivity index is 0. The molecule has 7 heteroatoms. The summed E-state index contributed by atoms with van der Waals surface area (Å²) in [6, 6.07) is 0. The molecule has 0 aromatic rings. The first kappa shape index (κ1) is 28.0. The molecule has 160 valence electrons. The fourth-order valence-corrected chi connectivity index (χ4v) is 2.46. The van der Waals surface area contributed by atoms with Gasteiger partial charge in [-0.05, 0) is 20.3 Å². The number of epoxide rings is 1. The predicted octanol–water partition coefficient (Wildman–Crippen LogP) is 5.18. The van der Waals surface area contributed by atoms with Crippen LogP contribution >= 0.6 is 0 Å². The largest absolute Gasteiger partial charge is 0.397 e. The normalized spacial score (nSPS) is 12.6. The van der Waals surface area contributed by atoms with Crippen LogP contribution in [0.1, 0.15) is 91.4 Å². The molecule has 1 saturated heterocycles. The van der Waals surface area contributed by atoms with Gasteiger partial charge >= 0.3 is 10.4 Å². The highest BCUT2D eigenvalue weighted by Crippen LogP contribution is 2.11. The van der Waals surface area contributed by atoms with Gasteiger partial charge in [-0.2, -0.15) is 8.42 Å². The van der Waals surface area contributed by atoms with Crippen LogP contribution < -0.4 is 0 Å². The molecule has 0 radical (unpaired) electrons. The number of rotatable bonds is 15. The van der Waals surface area contributed by atoms with Gasteiger partial charge in [0.25, 0.3) is 0 Å². The third-order valence-corrected chi connectivity index (χ3v) is 4.06. The van der Waals surface area contributed by atoms with Crippen molar-refractivity contribution in [1.29, 1.82) is 0 Å². The molecule has 1 aliphatic rings. The van der Waals surface area contributed by atoms with E-state index in [9.17, 15) is 8.42 Å². The molecular formula is C19H42O6S. The predicted molar refractivity (Wildman–Crippen MR) is 107 cm³/mol. The van der Waals surface area contributed by atoms with Crippen molar-refractivity contribution in [1.82, 2.24) is 0 Å². The molecule has 1 fully saturated rings. The van der Waals surface area contributed by atoms with Crippen molar-refractivity contribution in [3.8, 4) is 0 Å². The molecule has 0 aromatic heterocycles. The van der Waals surface area contributed by atoms with E-state index in [1.54, 1.807) is 0 Å². The Morgan fingerprint density at radius 3 is 1.42 bits per heavy atom. The second kappa shape index (κ2) is 22.8. The zero-order valence-electron chi connectivity index (χ0n) is 17.2. The second-order valence-electron chi connectivity index (χ2n) is 6.18. The Hall–Kier alpha value is -0.210. The van der Waals surface area contributed by atoms with E-state index in [-0.39, 0.29) is 6.61 Å². The minimum Gasteiger partial charge on any atom is -0.382 e. The van der Waals surface area contributed by atoms with E-state index >= 15 is 0 Å². The summed E-state index contributed by atoms with van der Waals surface area (Å²) in [5.41, 5.74) is 0. The summed E-state index contributed by atoms with van der Waals surface area (Å²) in [5.74, 6) is 0. The highest BCUT2D eigenvalue weighted by molar-refractivity contribution is 7.80. The fourth-order valence-electron chi connectivity index (χ4n) is 2.13. The smallest absolute Gasteiger partial charge is 0.382 e. The van der Waals surface area contributed by atoms with Gasteiger partial charge in [-0.25, -0.2) is 4.18 Å².